The highest BCUT2D eigenvalue weighted by atomic mass is 16.6. The molecule has 6 heteroatoms. The van der Waals surface area contributed by atoms with E-state index < -0.39 is 18.2 Å². The Morgan fingerprint density at radius 1 is 1.11 bits per heavy atom. The molecule has 2 aromatic rings. The lowest BCUT2D eigenvalue weighted by atomic mass is 10.1. The summed E-state index contributed by atoms with van der Waals surface area (Å²) >= 11 is 0. The Bertz CT molecular complexity index is 933. The summed E-state index contributed by atoms with van der Waals surface area (Å²) in [6, 6.07) is 12.1. The summed E-state index contributed by atoms with van der Waals surface area (Å²) in [6.07, 6.45) is -0.203. The molecule has 0 aliphatic carbocycles. The second-order valence-electron chi connectivity index (χ2n) is 7.07. The van der Waals surface area contributed by atoms with Crippen LogP contribution in [0.3, 0.4) is 0 Å². The average Bonchev–Trinajstić information content (AvgIpc) is 3.14. The number of carbonyl (C=O) groups is 3. The van der Waals surface area contributed by atoms with E-state index in [1.165, 1.54) is 4.90 Å². The van der Waals surface area contributed by atoms with Crippen molar-refractivity contribution in [2.45, 2.75) is 39.0 Å². The van der Waals surface area contributed by atoms with Crippen molar-refractivity contribution in [2.75, 3.05) is 5.32 Å². The van der Waals surface area contributed by atoms with Crippen LogP contribution >= 0.6 is 0 Å². The number of carbonyl (C=O) groups excluding carboxylic acids is 3. The molecule has 1 N–H and O–H groups in total. The average molecular weight is 364 g/mol. The first kappa shape index (κ1) is 17.3. The van der Waals surface area contributed by atoms with Crippen molar-refractivity contribution in [3.8, 4) is 0 Å². The molecule has 2 atom stereocenters. The van der Waals surface area contributed by atoms with E-state index in [4.69, 9.17) is 4.74 Å². The number of hydrogen-bond donors (Lipinski definition) is 1. The van der Waals surface area contributed by atoms with Gasteiger partial charge >= 0.3 is 5.97 Å². The van der Waals surface area contributed by atoms with Gasteiger partial charge in [-0.1, -0.05) is 24.3 Å². The van der Waals surface area contributed by atoms with Gasteiger partial charge in [0.15, 0.2) is 0 Å². The largest absolute Gasteiger partial charge is 0.433 e. The number of anilines is 1. The summed E-state index contributed by atoms with van der Waals surface area (Å²) in [6.45, 7) is 3.92. The molecule has 27 heavy (non-hydrogen) atoms. The molecule has 0 aromatic heterocycles. The number of amides is 2. The number of likely N-dealkylation sites (tertiary alicyclic amines) is 1. The number of rotatable bonds is 3. The van der Waals surface area contributed by atoms with E-state index in [1.807, 2.05) is 32.0 Å². The number of nitrogens with one attached hydrogen (secondary N) is 1. The van der Waals surface area contributed by atoms with Gasteiger partial charge in [-0.05, 0) is 49.6 Å². The molecule has 2 aromatic carbocycles. The third-order valence-electron chi connectivity index (χ3n) is 4.97. The molecule has 1 saturated heterocycles. The molecule has 6 nitrogen and oxygen atoms in total. The number of fused-ring (bicyclic) bond motifs is 1. The Balaban J connectivity index is 1.60. The Morgan fingerprint density at radius 2 is 1.81 bits per heavy atom. The molecule has 1 fully saturated rings. The number of aryl methyl sites for hydroxylation is 2. The van der Waals surface area contributed by atoms with Crippen LogP contribution in [0.25, 0.3) is 0 Å². The summed E-state index contributed by atoms with van der Waals surface area (Å²) < 4.78 is 5.44. The molecule has 2 aliphatic rings. The Labute approximate surface area is 157 Å². The van der Waals surface area contributed by atoms with Crippen LogP contribution in [-0.2, 0) is 14.3 Å². The summed E-state index contributed by atoms with van der Waals surface area (Å²) in [5, 5.41) is 2.90. The highest BCUT2D eigenvalue weighted by Gasteiger charge is 2.46. The lowest BCUT2D eigenvalue weighted by Crippen LogP contribution is -2.43. The molecule has 0 unspecified atom stereocenters. The maximum Gasteiger partial charge on any atom is 0.340 e. The van der Waals surface area contributed by atoms with Gasteiger partial charge < -0.3 is 10.1 Å². The van der Waals surface area contributed by atoms with E-state index in [0.29, 0.717) is 23.2 Å². The van der Waals surface area contributed by atoms with Gasteiger partial charge in [0.2, 0.25) is 18.0 Å². The van der Waals surface area contributed by atoms with Gasteiger partial charge in [-0.2, -0.15) is 0 Å². The number of benzene rings is 2. The Kier molecular flexibility index (Phi) is 4.18. The zero-order valence-corrected chi connectivity index (χ0v) is 15.2. The SMILES string of the molecule is Cc1cc(C)cc(NC(=O)[C@H]2CCC(=O)N2[C@@H]2OC(=O)c3ccccc32)c1. The highest BCUT2D eigenvalue weighted by Crippen LogP contribution is 2.38. The molecular formula is C21H20N2O4. The van der Waals surface area contributed by atoms with Crippen molar-refractivity contribution in [2.24, 2.45) is 0 Å². The molecule has 0 spiro atoms. The van der Waals surface area contributed by atoms with Gasteiger partial charge in [0.1, 0.15) is 6.04 Å². The van der Waals surface area contributed by atoms with Gasteiger partial charge in [-0.15, -0.1) is 0 Å². The van der Waals surface area contributed by atoms with Crippen LogP contribution < -0.4 is 5.32 Å². The van der Waals surface area contributed by atoms with Gasteiger partial charge in [0.25, 0.3) is 0 Å². The number of cyclic esters (lactones) is 1. The predicted molar refractivity (Wildman–Crippen MR) is 99.0 cm³/mol. The minimum Gasteiger partial charge on any atom is -0.433 e. The van der Waals surface area contributed by atoms with Crippen molar-refractivity contribution >= 4 is 23.5 Å². The maximum atomic E-state index is 12.9. The van der Waals surface area contributed by atoms with Crippen LogP contribution in [0.5, 0.6) is 0 Å². The summed E-state index contributed by atoms with van der Waals surface area (Å²) in [4.78, 5) is 38.9. The third kappa shape index (κ3) is 3.07. The topological polar surface area (TPSA) is 75.7 Å². The van der Waals surface area contributed by atoms with E-state index in [-0.39, 0.29) is 18.2 Å². The lowest BCUT2D eigenvalue weighted by Gasteiger charge is -2.29. The Hall–Kier alpha value is -3.15. The van der Waals surface area contributed by atoms with E-state index >= 15 is 0 Å². The third-order valence-corrected chi connectivity index (χ3v) is 4.97. The molecule has 138 valence electrons. The van der Waals surface area contributed by atoms with Crippen LogP contribution in [0.1, 0.15) is 46.1 Å². The zero-order valence-electron chi connectivity index (χ0n) is 15.2. The van der Waals surface area contributed by atoms with Gasteiger partial charge in [-0.25, -0.2) is 4.79 Å². The number of hydrogen-bond acceptors (Lipinski definition) is 4. The minimum absolute atomic E-state index is 0.190. The quantitative estimate of drug-likeness (QED) is 0.849. The summed E-state index contributed by atoms with van der Waals surface area (Å²) in [5.74, 6) is -0.930. The van der Waals surface area contributed by atoms with Crippen molar-refractivity contribution < 1.29 is 19.1 Å². The molecule has 0 saturated carbocycles. The minimum atomic E-state index is -0.848. The van der Waals surface area contributed by atoms with Gasteiger partial charge in [-0.3, -0.25) is 14.5 Å². The molecule has 0 radical (unpaired) electrons. The first-order chi connectivity index (χ1) is 12.9. The maximum absolute atomic E-state index is 12.9. The number of esters is 1. The molecule has 2 heterocycles. The predicted octanol–water partition coefficient (Wildman–Crippen LogP) is 3.10. The van der Waals surface area contributed by atoms with E-state index in [2.05, 4.69) is 5.32 Å². The van der Waals surface area contributed by atoms with Gasteiger partial charge in [0, 0.05) is 17.7 Å². The van der Waals surface area contributed by atoms with Crippen molar-refractivity contribution in [1.82, 2.24) is 4.90 Å². The fourth-order valence-electron chi connectivity index (χ4n) is 3.86. The molecule has 2 aliphatic heterocycles. The standard InChI is InChI=1S/C21H20N2O4/c1-12-9-13(2)11-14(10-12)22-19(25)17-7-8-18(24)23(17)20-15-5-3-4-6-16(15)21(26)27-20/h3-6,9-11,17,20H,7-8H2,1-2H3,(H,22,25)/t17-,20-/m1/s1. The van der Waals surface area contributed by atoms with Crippen LogP contribution in [0.4, 0.5) is 5.69 Å². The second kappa shape index (κ2) is 6.54. The molecular weight excluding hydrogens is 344 g/mol. The second-order valence-corrected chi connectivity index (χ2v) is 7.07. The molecule has 4 rings (SSSR count). The monoisotopic (exact) mass is 364 g/mol. The first-order valence-electron chi connectivity index (χ1n) is 8.94. The normalized spacial score (nSPS) is 21.2. The fraction of sp³-hybridized carbons (Fsp3) is 0.286. The molecule has 0 bridgehead atoms. The van der Waals surface area contributed by atoms with E-state index in [1.54, 1.807) is 24.3 Å². The summed E-state index contributed by atoms with van der Waals surface area (Å²) in [5.41, 5.74) is 3.85. The molecule has 2 amide bonds. The fourth-order valence-corrected chi connectivity index (χ4v) is 3.86. The number of nitrogens with zero attached hydrogens (tertiary/aromatic N) is 1. The summed E-state index contributed by atoms with van der Waals surface area (Å²) in [7, 11) is 0. The van der Waals surface area contributed by atoms with Crippen molar-refractivity contribution in [1.29, 1.82) is 0 Å². The van der Waals surface area contributed by atoms with Crippen LogP contribution in [0.15, 0.2) is 42.5 Å². The van der Waals surface area contributed by atoms with Crippen molar-refractivity contribution in [3.63, 3.8) is 0 Å². The first-order valence-corrected chi connectivity index (χ1v) is 8.94. The smallest absolute Gasteiger partial charge is 0.340 e. The number of ether oxygens (including phenoxy) is 1. The Morgan fingerprint density at radius 3 is 2.56 bits per heavy atom. The van der Waals surface area contributed by atoms with Crippen LogP contribution in [0.2, 0.25) is 0 Å². The van der Waals surface area contributed by atoms with E-state index in [0.717, 1.165) is 11.1 Å². The van der Waals surface area contributed by atoms with E-state index in [9.17, 15) is 14.4 Å². The highest BCUT2D eigenvalue weighted by molar-refractivity contribution is 6.00. The van der Waals surface area contributed by atoms with Crippen molar-refractivity contribution in [3.05, 3.63) is 64.7 Å². The zero-order chi connectivity index (χ0) is 19.1. The van der Waals surface area contributed by atoms with Crippen LogP contribution in [0, 0.1) is 13.8 Å². The van der Waals surface area contributed by atoms with Gasteiger partial charge in [0.05, 0.1) is 5.56 Å². The van der Waals surface area contributed by atoms with Crippen LogP contribution in [-0.4, -0.2) is 28.7 Å². The lowest BCUT2D eigenvalue weighted by molar-refractivity contribution is -0.144.